The van der Waals surface area contributed by atoms with E-state index in [2.05, 4.69) is 5.32 Å². The molecule has 1 fully saturated rings. The van der Waals surface area contributed by atoms with E-state index in [4.69, 9.17) is 10.00 Å². The number of piperazine rings is 1. The Kier molecular flexibility index (Phi) is 4.70. The molecule has 1 aliphatic rings. The summed E-state index contributed by atoms with van der Waals surface area (Å²) < 4.78 is 33.1. The van der Waals surface area contributed by atoms with Crippen molar-refractivity contribution in [1.29, 1.82) is 5.26 Å². The second-order valence-corrected chi connectivity index (χ2v) is 4.57. The standard InChI is InChI=1S/C14H15F2N3O2/c1-2-21-14(20)12-8-18-3-4-19(12)13-10(15)5-9(7-17)6-11(13)16/h5-6,12,18H,2-4,8H2,1H3. The van der Waals surface area contributed by atoms with Crippen LogP contribution in [-0.2, 0) is 9.53 Å². The van der Waals surface area contributed by atoms with Gasteiger partial charge < -0.3 is 15.0 Å². The van der Waals surface area contributed by atoms with Crippen LogP contribution in [-0.4, -0.2) is 38.3 Å². The molecular weight excluding hydrogens is 280 g/mol. The van der Waals surface area contributed by atoms with Gasteiger partial charge in [-0.1, -0.05) is 0 Å². The Bertz CT molecular complexity index is 563. The van der Waals surface area contributed by atoms with Crippen molar-refractivity contribution >= 4 is 11.7 Å². The number of hydrogen-bond acceptors (Lipinski definition) is 5. The van der Waals surface area contributed by atoms with Crippen LogP contribution >= 0.6 is 0 Å². The molecular formula is C14H15F2N3O2. The molecule has 1 atom stereocenters. The van der Waals surface area contributed by atoms with Crippen molar-refractivity contribution in [2.45, 2.75) is 13.0 Å². The maximum absolute atomic E-state index is 14.1. The first kappa shape index (κ1) is 15.2. The lowest BCUT2D eigenvalue weighted by molar-refractivity contribution is -0.144. The lowest BCUT2D eigenvalue weighted by Gasteiger charge is -2.36. The quantitative estimate of drug-likeness (QED) is 0.848. The van der Waals surface area contributed by atoms with E-state index in [9.17, 15) is 13.6 Å². The summed E-state index contributed by atoms with van der Waals surface area (Å²) in [6, 6.07) is 2.82. The number of rotatable bonds is 3. The van der Waals surface area contributed by atoms with Crippen molar-refractivity contribution in [2.24, 2.45) is 0 Å². The number of nitrogens with zero attached hydrogens (tertiary/aromatic N) is 2. The molecule has 1 aromatic rings. The highest BCUT2D eigenvalue weighted by molar-refractivity contribution is 5.81. The molecule has 7 heteroatoms. The van der Waals surface area contributed by atoms with Gasteiger partial charge in [0.1, 0.15) is 11.7 Å². The molecule has 1 saturated heterocycles. The van der Waals surface area contributed by atoms with Gasteiger partial charge in [-0.3, -0.25) is 0 Å². The van der Waals surface area contributed by atoms with E-state index >= 15 is 0 Å². The van der Waals surface area contributed by atoms with Crippen LogP contribution in [0.1, 0.15) is 12.5 Å². The minimum atomic E-state index is -0.859. The Morgan fingerprint density at radius 3 is 2.76 bits per heavy atom. The summed E-state index contributed by atoms with van der Waals surface area (Å²) in [6.07, 6.45) is 0. The van der Waals surface area contributed by atoms with Gasteiger partial charge >= 0.3 is 5.97 Å². The highest BCUT2D eigenvalue weighted by atomic mass is 19.1. The molecule has 0 aromatic heterocycles. The summed E-state index contributed by atoms with van der Waals surface area (Å²) in [4.78, 5) is 13.3. The summed E-state index contributed by atoms with van der Waals surface area (Å²) in [5.41, 5.74) is -0.398. The van der Waals surface area contributed by atoms with Crippen molar-refractivity contribution in [2.75, 3.05) is 31.1 Å². The van der Waals surface area contributed by atoms with E-state index in [1.807, 2.05) is 0 Å². The fourth-order valence-corrected chi connectivity index (χ4v) is 2.33. The molecule has 1 aliphatic heterocycles. The Balaban J connectivity index is 2.38. The first-order valence-corrected chi connectivity index (χ1v) is 6.61. The largest absolute Gasteiger partial charge is 0.464 e. The third-order valence-corrected chi connectivity index (χ3v) is 3.24. The van der Waals surface area contributed by atoms with Crippen LogP contribution in [0.25, 0.3) is 0 Å². The number of nitriles is 1. The Hall–Kier alpha value is -2.20. The first-order valence-electron chi connectivity index (χ1n) is 6.61. The van der Waals surface area contributed by atoms with Gasteiger partial charge in [0, 0.05) is 19.6 Å². The maximum Gasteiger partial charge on any atom is 0.330 e. The van der Waals surface area contributed by atoms with E-state index in [1.165, 1.54) is 4.90 Å². The maximum atomic E-state index is 14.1. The third kappa shape index (κ3) is 3.11. The number of esters is 1. The van der Waals surface area contributed by atoms with E-state index in [0.29, 0.717) is 6.54 Å². The average molecular weight is 295 g/mol. The number of ether oxygens (including phenoxy) is 1. The SMILES string of the molecule is CCOC(=O)C1CNCCN1c1c(F)cc(C#N)cc1F. The van der Waals surface area contributed by atoms with Gasteiger partial charge in [0.15, 0.2) is 11.6 Å². The highest BCUT2D eigenvalue weighted by Crippen LogP contribution is 2.27. The average Bonchev–Trinajstić information content (AvgIpc) is 2.47. The van der Waals surface area contributed by atoms with Crippen LogP contribution in [0, 0.1) is 23.0 Å². The van der Waals surface area contributed by atoms with Crippen molar-refractivity contribution in [3.63, 3.8) is 0 Å². The molecule has 5 nitrogen and oxygen atoms in total. The van der Waals surface area contributed by atoms with E-state index in [-0.39, 0.29) is 30.9 Å². The molecule has 0 radical (unpaired) electrons. The first-order chi connectivity index (χ1) is 10.1. The predicted molar refractivity (Wildman–Crippen MR) is 71.7 cm³/mol. The number of anilines is 1. The fraction of sp³-hybridized carbons (Fsp3) is 0.429. The monoisotopic (exact) mass is 295 g/mol. The van der Waals surface area contributed by atoms with E-state index < -0.39 is 23.6 Å². The zero-order valence-corrected chi connectivity index (χ0v) is 11.5. The number of carbonyl (C=O) groups excluding carboxylic acids is 1. The van der Waals surface area contributed by atoms with E-state index in [1.54, 1.807) is 13.0 Å². The summed E-state index contributed by atoms with van der Waals surface area (Å²) in [6.45, 7) is 2.87. The number of halogens is 2. The van der Waals surface area contributed by atoms with Crippen molar-refractivity contribution < 1.29 is 18.3 Å². The van der Waals surface area contributed by atoms with Crippen molar-refractivity contribution in [3.05, 3.63) is 29.3 Å². The van der Waals surface area contributed by atoms with E-state index in [0.717, 1.165) is 12.1 Å². The summed E-state index contributed by atoms with van der Waals surface area (Å²) in [7, 11) is 0. The second-order valence-electron chi connectivity index (χ2n) is 4.57. The molecule has 0 bridgehead atoms. The normalized spacial score (nSPS) is 18.2. The Morgan fingerprint density at radius 2 is 2.19 bits per heavy atom. The molecule has 1 unspecified atom stereocenters. The summed E-state index contributed by atoms with van der Waals surface area (Å²) in [5, 5.41) is 11.7. The summed E-state index contributed by atoms with van der Waals surface area (Å²) >= 11 is 0. The number of nitrogens with one attached hydrogen (secondary N) is 1. The molecule has 2 rings (SSSR count). The van der Waals surface area contributed by atoms with Crippen LogP contribution < -0.4 is 10.2 Å². The van der Waals surface area contributed by atoms with Gasteiger partial charge in [-0.05, 0) is 19.1 Å². The molecule has 112 valence electrons. The van der Waals surface area contributed by atoms with Gasteiger partial charge in [-0.2, -0.15) is 5.26 Å². The lowest BCUT2D eigenvalue weighted by atomic mass is 10.1. The third-order valence-electron chi connectivity index (χ3n) is 3.24. The number of hydrogen-bond donors (Lipinski definition) is 1. The topological polar surface area (TPSA) is 65.4 Å². The predicted octanol–water partition coefficient (Wildman–Crippen LogP) is 1.18. The van der Waals surface area contributed by atoms with Crippen LogP contribution in [0.5, 0.6) is 0 Å². The molecule has 1 aromatic carbocycles. The lowest BCUT2D eigenvalue weighted by Crippen LogP contribution is -2.56. The molecule has 0 spiro atoms. The minimum Gasteiger partial charge on any atom is -0.464 e. The van der Waals surface area contributed by atoms with Gasteiger partial charge in [-0.15, -0.1) is 0 Å². The minimum absolute atomic E-state index is 0.100. The van der Waals surface area contributed by atoms with Crippen LogP contribution in [0.2, 0.25) is 0 Å². The van der Waals surface area contributed by atoms with Crippen molar-refractivity contribution in [3.8, 4) is 6.07 Å². The fourth-order valence-electron chi connectivity index (χ4n) is 2.33. The number of carbonyl (C=O) groups is 1. The molecule has 0 aliphatic carbocycles. The Labute approximate surface area is 121 Å². The smallest absolute Gasteiger partial charge is 0.330 e. The van der Waals surface area contributed by atoms with Crippen LogP contribution in [0.3, 0.4) is 0 Å². The van der Waals surface area contributed by atoms with Gasteiger partial charge in [0.25, 0.3) is 0 Å². The van der Waals surface area contributed by atoms with Crippen LogP contribution in [0.4, 0.5) is 14.5 Å². The molecule has 0 saturated carbocycles. The highest BCUT2D eigenvalue weighted by Gasteiger charge is 2.33. The molecule has 21 heavy (non-hydrogen) atoms. The van der Waals surface area contributed by atoms with Crippen molar-refractivity contribution in [1.82, 2.24) is 5.32 Å². The zero-order valence-electron chi connectivity index (χ0n) is 11.5. The summed E-state index contributed by atoms with van der Waals surface area (Å²) in [5.74, 6) is -2.25. The van der Waals surface area contributed by atoms with Gasteiger partial charge in [-0.25, -0.2) is 13.6 Å². The number of benzene rings is 1. The molecule has 1 heterocycles. The van der Waals surface area contributed by atoms with Gasteiger partial charge in [0.2, 0.25) is 0 Å². The Morgan fingerprint density at radius 1 is 1.52 bits per heavy atom. The second kappa shape index (κ2) is 6.50. The molecule has 0 amide bonds. The molecule has 1 N–H and O–H groups in total. The zero-order chi connectivity index (χ0) is 15.4. The van der Waals surface area contributed by atoms with Crippen LogP contribution in [0.15, 0.2) is 12.1 Å². The van der Waals surface area contributed by atoms with Gasteiger partial charge in [0.05, 0.1) is 18.2 Å².